The van der Waals surface area contributed by atoms with E-state index in [4.69, 9.17) is 9.47 Å². The van der Waals surface area contributed by atoms with Gasteiger partial charge in [0.2, 0.25) is 0 Å². The Kier molecular flexibility index (Phi) is 14.4. The zero-order valence-corrected chi connectivity index (χ0v) is 40.2. The molecule has 0 aliphatic rings. The maximum absolute atomic E-state index is 12.9. The van der Waals surface area contributed by atoms with Crippen LogP contribution in [0.3, 0.4) is 0 Å². The van der Waals surface area contributed by atoms with Crippen molar-refractivity contribution in [1.82, 2.24) is 0 Å². The van der Waals surface area contributed by atoms with E-state index >= 15 is 0 Å². The molecule has 0 bridgehead atoms. The number of anilines is 4. The Balaban J connectivity index is 0.00000794. The first-order chi connectivity index (χ1) is 27.2. The molecule has 316 valence electrons. The Morgan fingerprint density at radius 3 is 1.23 bits per heavy atom. The van der Waals surface area contributed by atoms with Crippen molar-refractivity contribution in [2.24, 2.45) is 0 Å². The van der Waals surface area contributed by atoms with Gasteiger partial charge in [0.25, 0.3) is 0 Å². The van der Waals surface area contributed by atoms with Crippen molar-refractivity contribution >= 4 is 62.7 Å². The first-order valence-electron chi connectivity index (χ1n) is 17.8. The van der Waals surface area contributed by atoms with Crippen molar-refractivity contribution < 1.29 is 81.8 Å². The van der Waals surface area contributed by atoms with Crippen molar-refractivity contribution in [3.63, 3.8) is 0 Å². The van der Waals surface area contributed by atoms with Gasteiger partial charge in [0, 0.05) is 64.4 Å². The summed E-state index contributed by atoms with van der Waals surface area (Å²) >= 11 is 0. The number of benzene rings is 5. The van der Waals surface area contributed by atoms with Gasteiger partial charge in [-0.2, -0.15) is 0 Å². The van der Waals surface area contributed by atoms with Crippen LogP contribution >= 0.6 is 0 Å². The normalized spacial score (nSPS) is 12.2. The van der Waals surface area contributed by atoms with Crippen LogP contribution in [0.4, 0.5) is 22.7 Å². The van der Waals surface area contributed by atoms with Gasteiger partial charge in [0.05, 0.1) is 33.8 Å². The summed E-state index contributed by atoms with van der Waals surface area (Å²) in [4.78, 5) is -1.54. The summed E-state index contributed by atoms with van der Waals surface area (Å²) in [5, 5.41) is 6.55. The van der Waals surface area contributed by atoms with Crippen molar-refractivity contribution in [1.29, 1.82) is 0 Å². The van der Waals surface area contributed by atoms with Gasteiger partial charge < -0.3 is 29.2 Å². The van der Waals surface area contributed by atoms with Crippen LogP contribution in [0.1, 0.15) is 56.0 Å². The summed E-state index contributed by atoms with van der Waals surface area (Å²) in [5.74, 6) is -0.877. The fourth-order valence-corrected chi connectivity index (χ4v) is 11.8. The van der Waals surface area contributed by atoms with E-state index in [0.717, 1.165) is 35.8 Å². The fraction of sp³-hybridized carbons (Fsp3) is 0.268. The quantitative estimate of drug-likeness (QED) is 0.0974. The average molecular weight is 908 g/mol. The number of aryl methyl sites for hydroxylation is 4. The number of ether oxygens (including phenoxy) is 2. The van der Waals surface area contributed by atoms with E-state index in [-0.39, 0.29) is 67.5 Å². The molecule has 5 rings (SSSR count). The Morgan fingerprint density at radius 1 is 0.517 bits per heavy atom. The van der Waals surface area contributed by atoms with Crippen LogP contribution in [0.2, 0.25) is 0 Å². The zero-order chi connectivity index (χ0) is 44.2. The number of hydrogen-bond acceptors (Lipinski definition) is 14. The molecule has 0 aliphatic carbocycles. The predicted octanol–water partition coefficient (Wildman–Crippen LogP) is 3.84. The molecule has 0 amide bonds. The maximum Gasteiger partial charge on any atom is 1.00 e. The van der Waals surface area contributed by atoms with Crippen molar-refractivity contribution in [2.75, 3.05) is 37.4 Å². The Morgan fingerprint density at radius 2 is 0.900 bits per heavy atom. The summed E-state index contributed by atoms with van der Waals surface area (Å²) in [5.41, 5.74) is 6.02. The van der Waals surface area contributed by atoms with E-state index in [1.165, 1.54) is 14.2 Å². The van der Waals surface area contributed by atoms with E-state index in [9.17, 15) is 42.8 Å². The molecule has 0 atom stereocenters. The molecule has 0 saturated carbocycles. The van der Waals surface area contributed by atoms with Crippen molar-refractivity contribution in [3.8, 4) is 11.5 Å². The Labute approximate surface area is 374 Å². The standard InChI is InChI=1S/C41H46N2O12S4.Na/c1-22-17-24(3)40(56(9,44)45)26(5)38(22)42-28-11-14-31(34(19-28)54-7)37(33-16-13-30(58(48,49)50)21-36(33)59(51,52)53)32-15-12-29(20-35(32)55-8)43-39-23(2)18-25(4)41(27(39)6)57(10,46)47;/h11-21,37,42-43H,1-10H3,(H,48,49,50)(H,51,52,53);/q;+1/p-2. The number of nitrogens with one attached hydrogen (secondary N) is 2. The van der Waals surface area contributed by atoms with Gasteiger partial charge in [-0.1, -0.05) is 30.3 Å². The van der Waals surface area contributed by atoms with Crippen LogP contribution in [0.15, 0.2) is 86.3 Å². The predicted molar refractivity (Wildman–Crippen MR) is 223 cm³/mol. The monoisotopic (exact) mass is 907 g/mol. The van der Waals surface area contributed by atoms with Gasteiger partial charge in [0.15, 0.2) is 19.7 Å². The number of methoxy groups -OCH3 is 2. The number of hydrogen-bond donors (Lipinski definition) is 2. The number of sulfone groups is 2. The second-order valence-corrected chi connectivity index (χ2v) is 21.1. The Hall–Kier alpha value is -3.98. The first-order valence-corrected chi connectivity index (χ1v) is 24.4. The molecule has 5 aromatic carbocycles. The third-order valence-electron chi connectivity index (χ3n) is 10.0. The summed E-state index contributed by atoms with van der Waals surface area (Å²) in [6, 6.07) is 15.7. The molecule has 0 aliphatic heterocycles. The minimum absolute atomic E-state index is 0. The third-order valence-corrected chi connectivity index (χ3v) is 14.5. The molecule has 0 unspecified atom stereocenters. The minimum Gasteiger partial charge on any atom is -0.744 e. The number of rotatable bonds is 13. The van der Waals surface area contributed by atoms with Gasteiger partial charge in [-0.05, 0) is 105 Å². The summed E-state index contributed by atoms with van der Waals surface area (Å²) in [6.07, 6.45) is 2.26. The molecule has 5 aromatic rings. The molecular weight excluding hydrogens is 864 g/mol. The van der Waals surface area contributed by atoms with Crippen LogP contribution in [-0.4, -0.2) is 69.5 Å². The smallest absolute Gasteiger partial charge is 0.744 e. The van der Waals surface area contributed by atoms with Gasteiger partial charge in [-0.15, -0.1) is 0 Å². The van der Waals surface area contributed by atoms with Gasteiger partial charge in [0.1, 0.15) is 31.7 Å². The molecule has 0 fully saturated rings. The molecule has 0 heterocycles. The van der Waals surface area contributed by atoms with Crippen molar-refractivity contribution in [3.05, 3.63) is 117 Å². The van der Waals surface area contributed by atoms with Gasteiger partial charge >= 0.3 is 29.6 Å². The summed E-state index contributed by atoms with van der Waals surface area (Å²) < 4.78 is 137. The molecular formula is C41H44N2NaO12S4-. The molecule has 0 radical (unpaired) electrons. The molecule has 2 N–H and O–H groups in total. The van der Waals surface area contributed by atoms with E-state index in [2.05, 4.69) is 10.6 Å². The molecule has 0 spiro atoms. The topological polar surface area (TPSA) is 225 Å². The molecule has 19 heteroatoms. The Bertz CT molecular complexity index is 2840. The van der Waals surface area contributed by atoms with Crippen molar-refractivity contribution in [2.45, 2.75) is 67.0 Å². The fourth-order valence-electron chi connectivity index (χ4n) is 7.83. The minimum atomic E-state index is -5.43. The molecule has 0 aromatic heterocycles. The van der Waals surface area contributed by atoms with Crippen LogP contribution in [-0.2, 0) is 39.9 Å². The van der Waals surface area contributed by atoms with Gasteiger partial charge in [-0.3, -0.25) is 0 Å². The van der Waals surface area contributed by atoms with Crippen LogP contribution < -0.4 is 49.7 Å². The molecule has 60 heavy (non-hydrogen) atoms. The van der Waals surface area contributed by atoms with Gasteiger partial charge in [-0.25, -0.2) is 33.7 Å². The maximum atomic E-state index is 12.9. The van der Waals surface area contributed by atoms with Crippen LogP contribution in [0, 0.1) is 41.5 Å². The molecule has 14 nitrogen and oxygen atoms in total. The van der Waals surface area contributed by atoms with Crippen LogP contribution in [0.5, 0.6) is 11.5 Å². The van der Waals surface area contributed by atoms with E-state index in [1.807, 2.05) is 13.8 Å². The van der Waals surface area contributed by atoms with E-state index in [0.29, 0.717) is 51.1 Å². The summed E-state index contributed by atoms with van der Waals surface area (Å²) in [7, 11) is -15.1. The SMILES string of the molecule is COc1cc(Nc2c(C)cc(C)c(S(C)(=O)=O)c2C)ccc1C(c1ccc(Nc2c(C)cc(C)c(S(C)(=O)=O)c2C)cc1OC)c1ccc(S(=O)(=O)[O-])cc1S(=O)(=O)[O-].[Na+]. The van der Waals surface area contributed by atoms with Crippen LogP contribution in [0.25, 0.3) is 0 Å². The summed E-state index contributed by atoms with van der Waals surface area (Å²) in [6.45, 7) is 10.4. The zero-order valence-electron chi connectivity index (χ0n) is 35.0. The second kappa shape index (κ2) is 17.8. The van der Waals surface area contributed by atoms with E-state index in [1.54, 1.807) is 76.2 Å². The largest absolute Gasteiger partial charge is 1.00 e. The third kappa shape index (κ3) is 10.0. The molecule has 0 saturated heterocycles. The average Bonchev–Trinajstić information content (AvgIpc) is 3.10. The van der Waals surface area contributed by atoms with E-state index < -0.39 is 55.6 Å². The second-order valence-electron chi connectivity index (χ2n) is 14.4. The first kappa shape index (κ1) is 48.7.